The Morgan fingerprint density at radius 3 is 2.57 bits per heavy atom. The zero-order valence-corrected chi connectivity index (χ0v) is 20.0. The molecule has 0 aliphatic carbocycles. The Balaban J connectivity index is 1.37. The predicted octanol–water partition coefficient (Wildman–Crippen LogP) is 5.87. The van der Waals surface area contributed by atoms with E-state index in [0.717, 1.165) is 61.6 Å². The highest BCUT2D eigenvalue weighted by Crippen LogP contribution is 2.48. The number of carbonyl (C=O) groups excluding carboxylic acids is 1. The summed E-state index contributed by atoms with van der Waals surface area (Å²) in [5, 5.41) is 2.62. The Hall–Kier alpha value is -3.45. The third kappa shape index (κ3) is 4.60. The molecule has 0 aromatic heterocycles. The average Bonchev–Trinajstić information content (AvgIpc) is 3.16. The van der Waals surface area contributed by atoms with Gasteiger partial charge in [-0.3, -0.25) is 9.80 Å². The summed E-state index contributed by atoms with van der Waals surface area (Å²) >= 11 is 0. The van der Waals surface area contributed by atoms with Crippen molar-refractivity contribution >= 4 is 17.4 Å². The summed E-state index contributed by atoms with van der Waals surface area (Å²) in [4.78, 5) is 17.4. The molecule has 1 N–H and O–H groups in total. The van der Waals surface area contributed by atoms with Crippen molar-refractivity contribution in [3.8, 4) is 5.75 Å². The number of methoxy groups -OCH3 is 1. The molecule has 0 saturated carbocycles. The summed E-state index contributed by atoms with van der Waals surface area (Å²) in [6, 6.07) is 17.0. The molecule has 2 amide bonds. The number of aryl methyl sites for hydroxylation is 1. The van der Waals surface area contributed by atoms with Gasteiger partial charge in [-0.2, -0.15) is 0 Å². The van der Waals surface area contributed by atoms with Gasteiger partial charge in [0.2, 0.25) is 0 Å². The number of hydrogen-bond donors (Lipinski definition) is 1. The number of amides is 2. The van der Waals surface area contributed by atoms with E-state index in [4.69, 9.17) is 4.74 Å². The predicted molar refractivity (Wildman–Crippen MR) is 133 cm³/mol. The fourth-order valence-corrected chi connectivity index (χ4v) is 5.37. The number of carbonyl (C=O) groups is 1. The summed E-state index contributed by atoms with van der Waals surface area (Å²) in [6.45, 7) is 5.33. The molecule has 7 heteroatoms. The summed E-state index contributed by atoms with van der Waals surface area (Å²) in [5.74, 6) is -0.737. The molecule has 3 aromatic carbocycles. The van der Waals surface area contributed by atoms with Crippen molar-refractivity contribution in [2.24, 2.45) is 0 Å². The monoisotopic (exact) mass is 477 g/mol. The Bertz CT molecular complexity index is 1250. The first-order valence-electron chi connectivity index (χ1n) is 11.9. The van der Waals surface area contributed by atoms with Gasteiger partial charge in [-0.1, -0.05) is 29.8 Å². The van der Waals surface area contributed by atoms with Crippen LogP contribution in [0.5, 0.6) is 5.75 Å². The lowest BCUT2D eigenvalue weighted by Gasteiger charge is -2.40. The van der Waals surface area contributed by atoms with Crippen LogP contribution in [-0.2, 0) is 12.0 Å². The first-order chi connectivity index (χ1) is 16.9. The number of rotatable bonds is 4. The summed E-state index contributed by atoms with van der Waals surface area (Å²) < 4.78 is 33.0. The van der Waals surface area contributed by atoms with Crippen LogP contribution in [0.25, 0.3) is 0 Å². The van der Waals surface area contributed by atoms with Gasteiger partial charge in [0.1, 0.15) is 17.4 Å². The second kappa shape index (κ2) is 9.30. The number of likely N-dealkylation sites (tertiary alicyclic amines) is 1. The van der Waals surface area contributed by atoms with Crippen LogP contribution in [0.2, 0.25) is 0 Å². The quantitative estimate of drug-likeness (QED) is 0.511. The number of piperidine rings is 1. The van der Waals surface area contributed by atoms with E-state index < -0.39 is 17.7 Å². The largest absolute Gasteiger partial charge is 0.497 e. The van der Waals surface area contributed by atoms with Crippen molar-refractivity contribution in [2.75, 3.05) is 37.0 Å². The Morgan fingerprint density at radius 1 is 1.06 bits per heavy atom. The maximum Gasteiger partial charge on any atom is 0.326 e. The van der Waals surface area contributed by atoms with Crippen molar-refractivity contribution in [1.82, 2.24) is 4.90 Å². The number of anilines is 2. The molecule has 3 aromatic rings. The highest BCUT2D eigenvalue weighted by molar-refractivity contribution is 6.03. The average molecular weight is 478 g/mol. The van der Waals surface area contributed by atoms with E-state index in [9.17, 15) is 13.6 Å². The van der Waals surface area contributed by atoms with Crippen molar-refractivity contribution in [2.45, 2.75) is 31.7 Å². The Labute approximate surface area is 204 Å². The van der Waals surface area contributed by atoms with Gasteiger partial charge in [-0.25, -0.2) is 13.6 Å². The number of halogens is 2. The first-order valence-corrected chi connectivity index (χ1v) is 11.9. The van der Waals surface area contributed by atoms with Crippen LogP contribution in [0.15, 0.2) is 60.7 Å². The van der Waals surface area contributed by atoms with Crippen LogP contribution in [-0.4, -0.2) is 37.7 Å². The number of hydrogen-bond acceptors (Lipinski definition) is 3. The third-order valence-electron chi connectivity index (χ3n) is 7.25. The van der Waals surface area contributed by atoms with Gasteiger partial charge in [0.15, 0.2) is 0 Å². The lowest BCUT2D eigenvalue weighted by molar-refractivity contribution is 0.160. The van der Waals surface area contributed by atoms with E-state index in [1.54, 1.807) is 12.0 Å². The zero-order chi connectivity index (χ0) is 24.6. The van der Waals surface area contributed by atoms with Crippen molar-refractivity contribution < 1.29 is 18.3 Å². The van der Waals surface area contributed by atoms with Gasteiger partial charge < -0.3 is 10.1 Å². The maximum absolute atomic E-state index is 14.2. The number of urea groups is 1. The van der Waals surface area contributed by atoms with Gasteiger partial charge in [-0.15, -0.1) is 0 Å². The molecule has 182 valence electrons. The smallest absolute Gasteiger partial charge is 0.326 e. The van der Waals surface area contributed by atoms with Crippen molar-refractivity contribution in [1.29, 1.82) is 0 Å². The molecule has 1 saturated heterocycles. The normalized spacial score (nSPS) is 16.9. The van der Waals surface area contributed by atoms with Crippen LogP contribution < -0.4 is 15.0 Å². The van der Waals surface area contributed by atoms with E-state index in [1.165, 1.54) is 17.2 Å². The van der Waals surface area contributed by atoms with E-state index in [1.807, 2.05) is 18.2 Å². The zero-order valence-electron chi connectivity index (χ0n) is 20.0. The molecule has 0 bridgehead atoms. The maximum atomic E-state index is 14.2. The molecule has 0 radical (unpaired) electrons. The van der Waals surface area contributed by atoms with Crippen LogP contribution in [0, 0.1) is 18.6 Å². The lowest BCUT2D eigenvalue weighted by Crippen LogP contribution is -2.46. The number of nitrogens with one attached hydrogen (secondary N) is 1. The molecule has 2 heterocycles. The molecule has 5 rings (SSSR count). The fraction of sp³-hybridized carbons (Fsp3) is 0.321. The molecular weight excluding hydrogens is 448 g/mol. The van der Waals surface area contributed by atoms with Gasteiger partial charge in [0, 0.05) is 30.3 Å². The molecule has 5 nitrogen and oxygen atoms in total. The van der Waals surface area contributed by atoms with Crippen LogP contribution in [0.3, 0.4) is 0 Å². The third-order valence-corrected chi connectivity index (χ3v) is 7.25. The minimum atomic E-state index is -0.799. The van der Waals surface area contributed by atoms with E-state index in [-0.39, 0.29) is 11.1 Å². The van der Waals surface area contributed by atoms with Crippen LogP contribution in [0.4, 0.5) is 25.0 Å². The summed E-state index contributed by atoms with van der Waals surface area (Å²) in [5.41, 5.74) is 4.20. The number of ether oxygens (including phenoxy) is 1. The second-order valence-electron chi connectivity index (χ2n) is 9.57. The van der Waals surface area contributed by atoms with E-state index in [2.05, 4.69) is 41.4 Å². The molecule has 1 fully saturated rings. The van der Waals surface area contributed by atoms with Crippen molar-refractivity contribution in [3.63, 3.8) is 0 Å². The molecule has 0 unspecified atom stereocenters. The lowest BCUT2D eigenvalue weighted by atomic mass is 9.74. The number of fused-ring (bicyclic) bond motifs is 2. The summed E-state index contributed by atoms with van der Waals surface area (Å²) in [7, 11) is 1.63. The molecule has 1 spiro atoms. The van der Waals surface area contributed by atoms with E-state index in [0.29, 0.717) is 6.54 Å². The summed E-state index contributed by atoms with van der Waals surface area (Å²) in [6.07, 6.45) is 1.79. The Morgan fingerprint density at radius 2 is 1.86 bits per heavy atom. The van der Waals surface area contributed by atoms with E-state index >= 15 is 0 Å². The van der Waals surface area contributed by atoms with Gasteiger partial charge in [0.25, 0.3) is 0 Å². The topological polar surface area (TPSA) is 44.8 Å². The molecule has 0 atom stereocenters. The minimum absolute atomic E-state index is 0.0413. The standard InChI is InChI=1S/C28H29F2N3O2/c1-19-4-3-5-20(14-19)17-32-12-10-28(11-13-32)18-33(26-9-7-22(35-2)16-23(26)28)27(34)31-25-8-6-21(29)15-24(25)30/h3-9,14-16H,10-13,17-18H2,1-2H3,(H,31,34). The molecule has 2 aliphatic heterocycles. The molecular formula is C28H29F2N3O2. The van der Waals surface area contributed by atoms with Crippen LogP contribution in [0.1, 0.15) is 29.5 Å². The highest BCUT2D eigenvalue weighted by Gasteiger charge is 2.46. The molecule has 35 heavy (non-hydrogen) atoms. The number of nitrogens with zero attached hydrogens (tertiary/aromatic N) is 2. The Kier molecular flexibility index (Phi) is 6.19. The first kappa shape index (κ1) is 23.3. The van der Waals surface area contributed by atoms with Gasteiger partial charge in [-0.05, 0) is 74.3 Å². The highest BCUT2D eigenvalue weighted by atomic mass is 19.1. The van der Waals surface area contributed by atoms with Gasteiger partial charge in [0.05, 0.1) is 12.8 Å². The second-order valence-corrected chi connectivity index (χ2v) is 9.57. The van der Waals surface area contributed by atoms with Crippen molar-refractivity contribution in [3.05, 3.63) is 89.0 Å². The molecule has 2 aliphatic rings. The van der Waals surface area contributed by atoms with Gasteiger partial charge >= 0.3 is 6.03 Å². The SMILES string of the molecule is COc1ccc2c(c1)C1(CCN(Cc3cccc(C)c3)CC1)CN2C(=O)Nc1ccc(F)cc1F. The minimum Gasteiger partial charge on any atom is -0.497 e. The number of benzene rings is 3. The fourth-order valence-electron chi connectivity index (χ4n) is 5.37. The van der Waals surface area contributed by atoms with Crippen LogP contribution >= 0.6 is 0 Å².